The highest BCUT2D eigenvalue weighted by atomic mass is 35.5. The molecule has 8 heteroatoms. The first-order valence-electron chi connectivity index (χ1n) is 8.19. The fourth-order valence-electron chi connectivity index (χ4n) is 2.90. The van der Waals surface area contributed by atoms with Crippen LogP contribution in [0.1, 0.15) is 18.5 Å². The van der Waals surface area contributed by atoms with Crippen LogP contribution in [0.5, 0.6) is 0 Å². The Bertz CT molecular complexity index is 741. The van der Waals surface area contributed by atoms with Crippen LogP contribution in [0, 0.1) is 0 Å². The standard InChI is InChI=1S/C17H20ClN5O2/c1-13(23-12-19-11-20-23)17(25)22-7-5-21(6-8-22)16(24)10-14-3-2-4-15(18)9-14/h2-4,9,11-13H,5-8,10H2,1H3. The number of carbonyl (C=O) groups is 2. The number of nitrogens with zero attached hydrogens (tertiary/aromatic N) is 5. The molecule has 0 saturated carbocycles. The van der Waals surface area contributed by atoms with Gasteiger partial charge in [-0.15, -0.1) is 0 Å². The van der Waals surface area contributed by atoms with Crippen LogP contribution in [0.15, 0.2) is 36.9 Å². The van der Waals surface area contributed by atoms with E-state index in [2.05, 4.69) is 10.1 Å². The first-order chi connectivity index (χ1) is 12.0. The van der Waals surface area contributed by atoms with Gasteiger partial charge in [0.15, 0.2) is 0 Å². The Morgan fingerprint density at radius 3 is 2.56 bits per heavy atom. The Labute approximate surface area is 151 Å². The lowest BCUT2D eigenvalue weighted by Gasteiger charge is -2.36. The van der Waals surface area contributed by atoms with E-state index in [1.54, 1.807) is 33.5 Å². The van der Waals surface area contributed by atoms with Crippen LogP contribution in [-0.2, 0) is 16.0 Å². The molecule has 1 atom stereocenters. The average molecular weight is 362 g/mol. The second-order valence-electron chi connectivity index (χ2n) is 6.06. The van der Waals surface area contributed by atoms with Crippen LogP contribution in [-0.4, -0.2) is 62.6 Å². The number of halogens is 1. The summed E-state index contributed by atoms with van der Waals surface area (Å²) in [5, 5.41) is 4.64. The van der Waals surface area contributed by atoms with Gasteiger partial charge in [0.05, 0.1) is 6.42 Å². The fraction of sp³-hybridized carbons (Fsp3) is 0.412. The van der Waals surface area contributed by atoms with E-state index in [0.717, 1.165) is 5.56 Å². The minimum absolute atomic E-state index is 0.00700. The van der Waals surface area contributed by atoms with Crippen molar-refractivity contribution in [1.82, 2.24) is 24.6 Å². The molecule has 2 amide bonds. The number of aromatic nitrogens is 3. The van der Waals surface area contributed by atoms with Crippen molar-refractivity contribution in [3.63, 3.8) is 0 Å². The third-order valence-electron chi connectivity index (χ3n) is 4.38. The molecular formula is C17H20ClN5O2. The zero-order valence-electron chi connectivity index (χ0n) is 14.0. The monoisotopic (exact) mass is 361 g/mol. The lowest BCUT2D eigenvalue weighted by molar-refractivity contribution is -0.141. The van der Waals surface area contributed by atoms with Gasteiger partial charge < -0.3 is 9.80 Å². The molecule has 25 heavy (non-hydrogen) atoms. The number of hydrogen-bond donors (Lipinski definition) is 0. The molecule has 0 spiro atoms. The summed E-state index contributed by atoms with van der Waals surface area (Å²) < 4.78 is 1.54. The number of hydrogen-bond acceptors (Lipinski definition) is 4. The molecule has 2 aromatic rings. The molecule has 7 nitrogen and oxygen atoms in total. The van der Waals surface area contributed by atoms with Gasteiger partial charge in [-0.25, -0.2) is 9.67 Å². The summed E-state index contributed by atoms with van der Waals surface area (Å²) in [6, 6.07) is 6.93. The molecule has 0 bridgehead atoms. The maximum absolute atomic E-state index is 12.5. The molecule has 1 fully saturated rings. The average Bonchev–Trinajstić information content (AvgIpc) is 3.15. The van der Waals surface area contributed by atoms with Crippen molar-refractivity contribution in [2.24, 2.45) is 0 Å². The van der Waals surface area contributed by atoms with Gasteiger partial charge in [-0.05, 0) is 24.6 Å². The summed E-state index contributed by atoms with van der Waals surface area (Å²) in [6.45, 7) is 3.93. The fourth-order valence-corrected chi connectivity index (χ4v) is 3.12. The molecule has 2 heterocycles. The van der Waals surface area contributed by atoms with Crippen molar-refractivity contribution >= 4 is 23.4 Å². The topological polar surface area (TPSA) is 71.3 Å². The maximum atomic E-state index is 12.5. The minimum atomic E-state index is -0.392. The summed E-state index contributed by atoms with van der Waals surface area (Å²) >= 11 is 5.96. The third kappa shape index (κ3) is 4.17. The molecule has 1 aliphatic rings. The summed E-state index contributed by atoms with van der Waals surface area (Å²) in [7, 11) is 0. The Balaban J connectivity index is 1.53. The van der Waals surface area contributed by atoms with Crippen LogP contribution in [0.3, 0.4) is 0 Å². The van der Waals surface area contributed by atoms with Crippen molar-refractivity contribution in [3.8, 4) is 0 Å². The maximum Gasteiger partial charge on any atom is 0.247 e. The Morgan fingerprint density at radius 1 is 1.20 bits per heavy atom. The van der Waals surface area contributed by atoms with E-state index in [1.807, 2.05) is 12.1 Å². The van der Waals surface area contributed by atoms with E-state index in [9.17, 15) is 9.59 Å². The second kappa shape index (κ2) is 7.65. The molecular weight excluding hydrogens is 342 g/mol. The molecule has 132 valence electrons. The zero-order chi connectivity index (χ0) is 17.8. The van der Waals surface area contributed by atoms with Gasteiger partial charge in [-0.3, -0.25) is 9.59 Å². The van der Waals surface area contributed by atoms with Gasteiger partial charge in [0, 0.05) is 31.2 Å². The normalized spacial score (nSPS) is 15.9. The molecule has 1 aliphatic heterocycles. The van der Waals surface area contributed by atoms with Crippen LogP contribution in [0.25, 0.3) is 0 Å². The number of rotatable bonds is 4. The molecule has 1 unspecified atom stereocenters. The van der Waals surface area contributed by atoms with E-state index in [4.69, 9.17) is 11.6 Å². The molecule has 1 saturated heterocycles. The van der Waals surface area contributed by atoms with Crippen molar-refractivity contribution < 1.29 is 9.59 Å². The van der Waals surface area contributed by atoms with E-state index in [0.29, 0.717) is 37.6 Å². The lowest BCUT2D eigenvalue weighted by Crippen LogP contribution is -2.52. The van der Waals surface area contributed by atoms with Gasteiger partial charge in [-0.1, -0.05) is 23.7 Å². The quantitative estimate of drug-likeness (QED) is 0.825. The SMILES string of the molecule is CC(C(=O)N1CCN(C(=O)Cc2cccc(Cl)c2)CC1)n1cncn1. The summed E-state index contributed by atoms with van der Waals surface area (Å²) in [6.07, 6.45) is 3.27. The van der Waals surface area contributed by atoms with Crippen LogP contribution in [0.2, 0.25) is 5.02 Å². The van der Waals surface area contributed by atoms with Crippen molar-refractivity contribution in [1.29, 1.82) is 0 Å². The number of piperazine rings is 1. The summed E-state index contributed by atoms with van der Waals surface area (Å²) in [5.41, 5.74) is 0.899. The molecule has 3 rings (SSSR count). The van der Waals surface area contributed by atoms with Crippen molar-refractivity contribution in [3.05, 3.63) is 47.5 Å². The summed E-state index contributed by atoms with van der Waals surface area (Å²) in [5.74, 6) is 0.0473. The van der Waals surface area contributed by atoms with Crippen molar-refractivity contribution in [2.45, 2.75) is 19.4 Å². The Kier molecular flexibility index (Phi) is 5.33. The Hall–Kier alpha value is -2.41. The number of amides is 2. The highest BCUT2D eigenvalue weighted by Gasteiger charge is 2.27. The van der Waals surface area contributed by atoms with Crippen molar-refractivity contribution in [2.75, 3.05) is 26.2 Å². The first-order valence-corrected chi connectivity index (χ1v) is 8.57. The van der Waals surface area contributed by atoms with Gasteiger partial charge in [0.25, 0.3) is 0 Å². The number of benzene rings is 1. The van der Waals surface area contributed by atoms with Crippen LogP contribution >= 0.6 is 11.6 Å². The highest BCUT2D eigenvalue weighted by Crippen LogP contribution is 2.14. The number of carbonyl (C=O) groups excluding carboxylic acids is 2. The minimum Gasteiger partial charge on any atom is -0.339 e. The predicted molar refractivity (Wildman–Crippen MR) is 93.0 cm³/mol. The van der Waals surface area contributed by atoms with E-state index in [1.165, 1.54) is 12.7 Å². The first kappa shape index (κ1) is 17.4. The van der Waals surface area contributed by atoms with Gasteiger partial charge in [0.1, 0.15) is 18.7 Å². The van der Waals surface area contributed by atoms with Gasteiger partial charge in [-0.2, -0.15) is 5.10 Å². The molecule has 0 radical (unpaired) electrons. The third-order valence-corrected chi connectivity index (χ3v) is 4.61. The smallest absolute Gasteiger partial charge is 0.247 e. The predicted octanol–water partition coefficient (Wildman–Crippen LogP) is 1.41. The Morgan fingerprint density at radius 2 is 1.92 bits per heavy atom. The van der Waals surface area contributed by atoms with E-state index < -0.39 is 6.04 Å². The largest absolute Gasteiger partial charge is 0.339 e. The van der Waals surface area contributed by atoms with E-state index >= 15 is 0 Å². The lowest BCUT2D eigenvalue weighted by atomic mass is 10.1. The van der Waals surface area contributed by atoms with Crippen LogP contribution < -0.4 is 0 Å². The van der Waals surface area contributed by atoms with Crippen LogP contribution in [0.4, 0.5) is 0 Å². The van der Waals surface area contributed by atoms with E-state index in [-0.39, 0.29) is 11.8 Å². The van der Waals surface area contributed by atoms with Gasteiger partial charge >= 0.3 is 0 Å². The summed E-state index contributed by atoms with van der Waals surface area (Å²) in [4.78, 5) is 32.4. The molecule has 0 N–H and O–H groups in total. The highest BCUT2D eigenvalue weighted by molar-refractivity contribution is 6.30. The molecule has 0 aliphatic carbocycles. The molecule has 1 aromatic carbocycles. The zero-order valence-corrected chi connectivity index (χ0v) is 14.8. The van der Waals surface area contributed by atoms with Gasteiger partial charge in [0.2, 0.25) is 11.8 Å². The second-order valence-corrected chi connectivity index (χ2v) is 6.50. The molecule has 1 aromatic heterocycles.